The van der Waals surface area contributed by atoms with Crippen molar-refractivity contribution in [1.29, 1.82) is 0 Å². The number of Topliss-reactive ketones (excluding diaryl/α,β-unsaturated/α-hetero) is 4. The van der Waals surface area contributed by atoms with Crippen LogP contribution >= 0.6 is 50.7 Å². The average molecular weight is 1640 g/mol. The number of aldehydes is 3. The Morgan fingerprint density at radius 2 is 0.882 bits per heavy atom. The number of hydrogen-bond donors (Lipinski definition) is 4. The molecule has 11 aromatic rings. The van der Waals surface area contributed by atoms with Crippen molar-refractivity contribution in [3.8, 4) is 51.0 Å². The number of nitrogens with one attached hydrogen (secondary N) is 1. The molecule has 110 heavy (non-hydrogen) atoms. The topological polar surface area (TPSA) is 381 Å². The van der Waals surface area contributed by atoms with Crippen LogP contribution in [0.25, 0.3) is 44.7 Å². The van der Waals surface area contributed by atoms with Crippen LogP contribution in [0, 0.1) is 5.82 Å². The Morgan fingerprint density at radius 3 is 1.33 bits per heavy atom. The molecule has 0 saturated heterocycles. The normalized spacial score (nSPS) is 9.66. The van der Waals surface area contributed by atoms with E-state index >= 15 is 0 Å². The molecular weight excluding hydrogens is 1550 g/mol. The summed E-state index contributed by atoms with van der Waals surface area (Å²) in [5.41, 5.74) is 13.2. The smallest absolute Gasteiger partial charge is 0.354 e. The summed E-state index contributed by atoms with van der Waals surface area (Å²) in [7, 11) is 2.99. The van der Waals surface area contributed by atoms with Crippen LogP contribution in [0.1, 0.15) is 181 Å². The van der Waals surface area contributed by atoms with Crippen molar-refractivity contribution < 1.29 is 76.3 Å². The number of aromatic hydroxyl groups is 1. The number of rotatable bonds is 23. The molecule has 0 radical (unpaired) electrons. The Labute approximate surface area is 661 Å². The number of benzene rings is 1. The number of carbonyl (C=O) groups excluding carboxylic acids is 7. The first-order chi connectivity index (χ1) is 50.1. The van der Waals surface area contributed by atoms with E-state index in [-0.39, 0.29) is 115 Å². The molecule has 584 valence electrons. The van der Waals surface area contributed by atoms with Gasteiger partial charge in [-0.15, -0.1) is 0 Å². The van der Waals surface area contributed by atoms with Gasteiger partial charge in [-0.25, -0.2) is 19.2 Å². The molecule has 0 saturated carbocycles. The maximum atomic E-state index is 13.4. The van der Waals surface area contributed by atoms with Gasteiger partial charge in [0, 0.05) is 128 Å². The zero-order valence-electron chi connectivity index (χ0n) is 56.2. The third-order valence-corrected chi connectivity index (χ3v) is 15.1. The number of nitrogen functional groups attached to an aromatic ring is 1. The molecule has 0 unspecified atom stereocenters. The van der Waals surface area contributed by atoms with E-state index in [2.05, 4.69) is 66.1 Å². The maximum Gasteiger partial charge on any atom is 0.354 e. The summed E-state index contributed by atoms with van der Waals surface area (Å²) < 4.78 is 39.9. The lowest BCUT2D eigenvalue weighted by molar-refractivity contribution is 0.0496. The highest BCUT2D eigenvalue weighted by Gasteiger charge is 2.21. The molecule has 10 heterocycles. The van der Waals surface area contributed by atoms with Crippen molar-refractivity contribution in [1.82, 2.24) is 44.9 Å². The molecule has 26 nitrogen and oxygen atoms in total. The van der Waals surface area contributed by atoms with Crippen LogP contribution in [-0.2, 0) is 9.47 Å². The molecular formula is C79H88BrCl3FN11O15. The minimum atomic E-state index is -1.07. The zero-order valence-corrected chi connectivity index (χ0v) is 60.0. The molecule has 31 heteroatoms. The van der Waals surface area contributed by atoms with Crippen LogP contribution < -0.4 is 20.5 Å². The van der Waals surface area contributed by atoms with Crippen molar-refractivity contribution in [2.75, 3.05) is 38.9 Å². The lowest BCUT2D eigenvalue weighted by Crippen LogP contribution is -2.05. The molecule has 0 spiro atoms. The molecule has 0 fully saturated rings. The number of methoxy groups -OCH3 is 2. The number of ketones is 4. The third kappa shape index (κ3) is 27.9. The fourth-order valence-electron chi connectivity index (χ4n) is 8.69. The predicted octanol–water partition coefficient (Wildman–Crippen LogP) is 19.6. The molecule has 0 bridgehead atoms. The number of pyridine rings is 9. The second-order valence-electron chi connectivity index (χ2n) is 20.7. The quantitative estimate of drug-likeness (QED) is 0.0200. The van der Waals surface area contributed by atoms with Crippen LogP contribution in [-0.4, -0.2) is 131 Å². The number of hydrogen-bond acceptors (Lipinski definition) is 25. The van der Waals surface area contributed by atoms with Gasteiger partial charge in [-0.3, -0.25) is 68.4 Å². The van der Waals surface area contributed by atoms with Gasteiger partial charge in [0.2, 0.25) is 5.88 Å². The molecule has 0 aliphatic heterocycles. The summed E-state index contributed by atoms with van der Waals surface area (Å²) in [6.07, 6.45) is 17.0. The average Bonchev–Trinajstić information content (AvgIpc) is 1.63. The van der Waals surface area contributed by atoms with E-state index in [1.807, 2.05) is 0 Å². The highest BCUT2D eigenvalue weighted by molar-refractivity contribution is 9.10. The van der Waals surface area contributed by atoms with Crippen LogP contribution in [0.2, 0.25) is 15.1 Å². The fourth-order valence-corrected chi connectivity index (χ4v) is 9.65. The third-order valence-electron chi connectivity index (χ3n) is 13.8. The largest absolute Gasteiger partial charge is 0.505 e. The fraction of sp³-hybridized carbons (Fsp3) is 0.228. The number of carboxylic acid groups (broad SMARTS) is 1. The number of carboxylic acids is 1. The minimum absolute atomic E-state index is 0. The van der Waals surface area contributed by atoms with Gasteiger partial charge >= 0.3 is 5.97 Å². The van der Waals surface area contributed by atoms with Gasteiger partial charge in [0.15, 0.2) is 78.4 Å². The molecule has 0 amide bonds. The van der Waals surface area contributed by atoms with E-state index in [9.17, 15) is 47.9 Å². The summed E-state index contributed by atoms with van der Waals surface area (Å²) in [5.74, 6) is -1.10. The monoisotopic (exact) mass is 1630 g/mol. The molecule has 0 atom stereocenters. The van der Waals surface area contributed by atoms with Crippen LogP contribution in [0.15, 0.2) is 168 Å². The van der Waals surface area contributed by atoms with E-state index in [0.717, 1.165) is 0 Å². The van der Waals surface area contributed by atoms with E-state index in [0.29, 0.717) is 155 Å². The van der Waals surface area contributed by atoms with Crippen molar-refractivity contribution in [2.45, 2.75) is 97.9 Å². The standard InChI is InChI=1S/C21H16ClFN4O2.C16H16N2O4.C14H12N2O3.C8H8BrNO3.C8H8ClNO.C6H4ClNO2.6CH4/c1-2-17(28)16-9-11(5-7-25-16)18-20-13(6-8-26-18)19(21(24)29-20)27-12-3-4-15(23)14(22)10-12;1-3-14(20)13-8-11(4-6-17-13)15-16(22-10-21-2)12(9-19)5-7-18-15;1-2-12(18)11-7-9(3-5-15-11)13-14(19)10(8-17)4-6-16-13;1-12-5-13-7-6(4-11)2-3-10-8(7)9;1-2-8(11)7-5-6(9)3-4-10-7;7-4-1-2-8-5(3-4)6(9)10;;;;;;/h3-10,27H,2,24H2,1H3;4-9H,3,10H2,1-2H3;3-8,19H,2H2,1H3;2-4H,5H2,1H3;3-5H,2H2,1H3;1-3H,(H,9,10);6*1H4. The summed E-state index contributed by atoms with van der Waals surface area (Å²) in [4.78, 5) is 125. The molecule has 0 aliphatic rings. The Bertz CT molecular complexity index is 4870. The summed E-state index contributed by atoms with van der Waals surface area (Å²) in [6, 6.07) is 26.6. The number of halogens is 5. The summed E-state index contributed by atoms with van der Waals surface area (Å²) in [5, 5.41) is 23.1. The number of ether oxygens (including phenoxy) is 4. The first-order valence-corrected chi connectivity index (χ1v) is 32.8. The number of carbonyl (C=O) groups is 8. The van der Waals surface area contributed by atoms with Gasteiger partial charge in [0.05, 0.1) is 27.1 Å². The number of aromatic nitrogens is 9. The van der Waals surface area contributed by atoms with Crippen LogP contribution in [0.4, 0.5) is 21.6 Å². The SMILES string of the molecule is C.C.C.C.C.C.CCC(=O)c1cc(-c2nccc(C=O)c2O)ccn1.CCC(=O)c1cc(-c2nccc(C=O)c2OCOC)ccn1.CCC(=O)c1cc(-c2nccc3c(Nc4ccc(F)c(Cl)c4)c(N)oc23)ccn1.CCC(=O)c1cc(Cl)ccn1.COCOc1c(C=O)ccnc1Br.O=C(O)c1cc(Cl)ccn1. The number of furan rings is 1. The highest BCUT2D eigenvalue weighted by Crippen LogP contribution is 2.40. The molecule has 10 aromatic heterocycles. The Hall–Kier alpha value is -11.5. The van der Waals surface area contributed by atoms with Gasteiger partial charge in [0.1, 0.15) is 61.7 Å². The van der Waals surface area contributed by atoms with Crippen LogP contribution in [0.5, 0.6) is 17.2 Å². The Kier molecular flexibility index (Phi) is 44.9. The molecule has 11 rings (SSSR count). The minimum Gasteiger partial charge on any atom is -0.505 e. The van der Waals surface area contributed by atoms with Gasteiger partial charge in [-0.2, -0.15) is 0 Å². The van der Waals surface area contributed by atoms with Crippen molar-refractivity contribution in [2.24, 2.45) is 0 Å². The number of nitrogens with two attached hydrogens (primary N) is 1. The number of aromatic carboxylic acids is 1. The van der Waals surface area contributed by atoms with E-state index in [4.69, 9.17) is 69.0 Å². The zero-order chi connectivity index (χ0) is 75.8. The molecule has 0 aliphatic carbocycles. The second kappa shape index (κ2) is 50.2. The van der Waals surface area contributed by atoms with E-state index in [1.165, 1.54) is 87.9 Å². The molecule has 5 N–H and O–H groups in total. The first kappa shape index (κ1) is 98.5. The lowest BCUT2D eigenvalue weighted by Gasteiger charge is -2.12. The van der Waals surface area contributed by atoms with Gasteiger partial charge < -0.3 is 44.6 Å². The van der Waals surface area contributed by atoms with Crippen molar-refractivity contribution in [3.63, 3.8) is 0 Å². The number of fused-ring (bicyclic) bond motifs is 1. The summed E-state index contributed by atoms with van der Waals surface area (Å²) >= 11 is 20.2. The molecule has 1 aromatic carbocycles. The van der Waals surface area contributed by atoms with Crippen LogP contribution in [0.3, 0.4) is 0 Å². The van der Waals surface area contributed by atoms with Gasteiger partial charge in [-0.1, -0.05) is 107 Å². The Morgan fingerprint density at radius 1 is 0.500 bits per heavy atom. The van der Waals surface area contributed by atoms with Gasteiger partial charge in [0.25, 0.3) is 0 Å². The van der Waals surface area contributed by atoms with E-state index < -0.39 is 11.8 Å². The lowest BCUT2D eigenvalue weighted by atomic mass is 10.1. The number of nitrogens with zero attached hydrogens (tertiary/aromatic N) is 9. The first-order valence-electron chi connectivity index (χ1n) is 30.9. The Balaban J connectivity index is 0.00000133. The highest BCUT2D eigenvalue weighted by atomic mass is 79.9. The second-order valence-corrected chi connectivity index (χ2v) is 22.7. The van der Waals surface area contributed by atoms with E-state index in [1.54, 1.807) is 113 Å². The van der Waals surface area contributed by atoms with Crippen molar-refractivity contribution >= 4 is 127 Å². The predicted molar refractivity (Wildman–Crippen MR) is 430 cm³/mol. The maximum absolute atomic E-state index is 13.4. The van der Waals surface area contributed by atoms with Gasteiger partial charge in [-0.05, 0) is 119 Å². The summed E-state index contributed by atoms with van der Waals surface area (Å²) in [6.45, 7) is 7.18. The number of anilines is 3. The van der Waals surface area contributed by atoms with Crippen molar-refractivity contribution in [3.05, 3.63) is 230 Å².